The van der Waals surface area contributed by atoms with Gasteiger partial charge in [-0.2, -0.15) is 4.89 Å². The van der Waals surface area contributed by atoms with Gasteiger partial charge in [0.15, 0.2) is 0 Å². The van der Waals surface area contributed by atoms with Crippen molar-refractivity contribution in [2.45, 2.75) is 60.2 Å². The molecule has 0 spiro atoms. The Hall–Kier alpha value is -1.36. The molecule has 25 heavy (non-hydrogen) atoms. The molecule has 4 heteroatoms. The monoisotopic (exact) mass is 350 g/mol. The normalized spacial score (nSPS) is 15.8. The molecule has 0 heterocycles. The van der Waals surface area contributed by atoms with Crippen LogP contribution < -0.4 is 4.74 Å². The van der Waals surface area contributed by atoms with Gasteiger partial charge in [0.1, 0.15) is 5.75 Å². The highest BCUT2D eigenvalue weighted by molar-refractivity contribution is 5.38. The van der Waals surface area contributed by atoms with Gasteiger partial charge < -0.3 is 9.47 Å². The lowest BCUT2D eigenvalue weighted by atomic mass is 9.77. The molecule has 0 fully saturated rings. The number of rotatable bonds is 7. The highest BCUT2D eigenvalue weighted by Crippen LogP contribution is 2.44. The van der Waals surface area contributed by atoms with Crippen molar-refractivity contribution in [1.82, 2.24) is 0 Å². The number of benzene rings is 1. The van der Waals surface area contributed by atoms with Crippen molar-refractivity contribution in [2.24, 2.45) is 10.8 Å². The molecular formula is C21H34O4. The van der Waals surface area contributed by atoms with Gasteiger partial charge in [0.2, 0.25) is 5.79 Å². The van der Waals surface area contributed by atoms with Gasteiger partial charge in [0.25, 0.3) is 0 Å². The van der Waals surface area contributed by atoms with Crippen LogP contribution >= 0.6 is 0 Å². The molecule has 1 atom stereocenters. The molecule has 0 aromatic heterocycles. The molecule has 4 nitrogen and oxygen atoms in total. The SMILES string of the molecule is COc1cccc(C(OC)(OO)/C(=C\CCC(C)(C)C)C(C)(C)C)c1. The van der Waals surface area contributed by atoms with Crippen LogP contribution in [0.5, 0.6) is 5.75 Å². The fourth-order valence-electron chi connectivity index (χ4n) is 2.93. The van der Waals surface area contributed by atoms with E-state index in [0.717, 1.165) is 18.4 Å². The summed E-state index contributed by atoms with van der Waals surface area (Å²) >= 11 is 0. The van der Waals surface area contributed by atoms with Crippen LogP contribution in [0, 0.1) is 10.8 Å². The van der Waals surface area contributed by atoms with E-state index in [1.807, 2.05) is 24.3 Å². The summed E-state index contributed by atoms with van der Waals surface area (Å²) in [4.78, 5) is 5.00. The summed E-state index contributed by atoms with van der Waals surface area (Å²) in [6.07, 6.45) is 4.02. The second kappa shape index (κ2) is 8.35. The molecule has 0 aliphatic rings. The number of hydrogen-bond acceptors (Lipinski definition) is 4. The molecule has 0 amide bonds. The van der Waals surface area contributed by atoms with E-state index in [1.54, 1.807) is 14.2 Å². The zero-order valence-electron chi connectivity index (χ0n) is 17.0. The Kier molecular flexibility index (Phi) is 7.24. The highest BCUT2D eigenvalue weighted by Gasteiger charge is 2.44. The first-order valence-corrected chi connectivity index (χ1v) is 8.73. The minimum Gasteiger partial charge on any atom is -0.497 e. The lowest BCUT2D eigenvalue weighted by Gasteiger charge is -2.38. The van der Waals surface area contributed by atoms with Gasteiger partial charge in [-0.1, -0.05) is 59.8 Å². The maximum Gasteiger partial charge on any atom is 0.250 e. The van der Waals surface area contributed by atoms with Crippen LogP contribution in [0.2, 0.25) is 0 Å². The molecule has 1 unspecified atom stereocenters. The van der Waals surface area contributed by atoms with Crippen LogP contribution in [-0.2, 0) is 15.4 Å². The molecule has 0 saturated heterocycles. The lowest BCUT2D eigenvalue weighted by molar-refractivity contribution is -0.394. The largest absolute Gasteiger partial charge is 0.497 e. The van der Waals surface area contributed by atoms with Gasteiger partial charge in [0.05, 0.1) is 7.11 Å². The maximum atomic E-state index is 9.88. The summed E-state index contributed by atoms with van der Waals surface area (Å²) in [5.41, 5.74) is 1.53. The third kappa shape index (κ3) is 5.56. The van der Waals surface area contributed by atoms with Gasteiger partial charge in [-0.3, -0.25) is 0 Å². The predicted octanol–water partition coefficient (Wildman–Crippen LogP) is 5.78. The van der Waals surface area contributed by atoms with Crippen LogP contribution in [0.1, 0.15) is 59.9 Å². The van der Waals surface area contributed by atoms with E-state index in [-0.39, 0.29) is 10.8 Å². The van der Waals surface area contributed by atoms with Crippen molar-refractivity contribution >= 4 is 0 Å². The minimum atomic E-state index is -1.37. The van der Waals surface area contributed by atoms with Crippen molar-refractivity contribution in [3.8, 4) is 5.75 Å². The van der Waals surface area contributed by atoms with Crippen LogP contribution in [0.4, 0.5) is 0 Å². The summed E-state index contributed by atoms with van der Waals surface area (Å²) in [5.74, 6) is -0.691. The van der Waals surface area contributed by atoms with Crippen LogP contribution in [0.15, 0.2) is 35.9 Å². The molecule has 0 saturated carbocycles. The molecule has 1 aromatic carbocycles. The molecule has 1 rings (SSSR count). The van der Waals surface area contributed by atoms with Gasteiger partial charge >= 0.3 is 0 Å². The Morgan fingerprint density at radius 1 is 1.08 bits per heavy atom. The van der Waals surface area contributed by atoms with Crippen LogP contribution in [0.25, 0.3) is 0 Å². The van der Waals surface area contributed by atoms with E-state index >= 15 is 0 Å². The summed E-state index contributed by atoms with van der Waals surface area (Å²) in [6, 6.07) is 7.40. The predicted molar refractivity (Wildman–Crippen MR) is 102 cm³/mol. The Labute approximate surface area is 152 Å². The number of ether oxygens (including phenoxy) is 2. The average molecular weight is 350 g/mol. The standard InChI is InChI=1S/C21H34O4/c1-19(2,3)14-10-13-18(20(4,5)6)21(24-8,25-22)16-11-9-12-17(15-16)23-7/h9,11-13,15,22H,10,14H2,1-8H3/b18-13-. The second-order valence-corrected chi connectivity index (χ2v) is 8.61. The molecular weight excluding hydrogens is 316 g/mol. The van der Waals surface area contributed by atoms with Gasteiger partial charge in [0, 0.05) is 12.7 Å². The maximum absolute atomic E-state index is 9.88. The number of allylic oxidation sites excluding steroid dienone is 1. The van der Waals surface area contributed by atoms with Gasteiger partial charge in [-0.05, 0) is 41.4 Å². The van der Waals surface area contributed by atoms with Crippen molar-refractivity contribution in [3.63, 3.8) is 0 Å². The third-order valence-electron chi connectivity index (χ3n) is 4.27. The minimum absolute atomic E-state index is 0.227. The summed E-state index contributed by atoms with van der Waals surface area (Å²) in [6.45, 7) is 12.9. The Bertz CT molecular complexity index is 572. The first-order valence-electron chi connectivity index (χ1n) is 8.73. The van der Waals surface area contributed by atoms with E-state index in [1.165, 1.54) is 0 Å². The molecule has 1 aromatic rings. The average Bonchev–Trinajstić information content (AvgIpc) is 2.53. The van der Waals surface area contributed by atoms with E-state index < -0.39 is 5.79 Å². The molecule has 0 aliphatic heterocycles. The molecule has 0 bridgehead atoms. The van der Waals surface area contributed by atoms with Crippen molar-refractivity contribution in [2.75, 3.05) is 14.2 Å². The van der Waals surface area contributed by atoms with E-state index in [0.29, 0.717) is 11.3 Å². The Morgan fingerprint density at radius 2 is 1.72 bits per heavy atom. The topological polar surface area (TPSA) is 47.9 Å². The zero-order valence-corrected chi connectivity index (χ0v) is 17.0. The fraction of sp³-hybridized carbons (Fsp3) is 0.619. The van der Waals surface area contributed by atoms with Crippen molar-refractivity contribution in [1.29, 1.82) is 0 Å². The van der Waals surface area contributed by atoms with E-state index in [9.17, 15) is 5.26 Å². The van der Waals surface area contributed by atoms with Crippen molar-refractivity contribution < 1.29 is 19.6 Å². The summed E-state index contributed by atoms with van der Waals surface area (Å²) < 4.78 is 11.1. The molecule has 1 N–H and O–H groups in total. The fourth-order valence-corrected chi connectivity index (χ4v) is 2.93. The van der Waals surface area contributed by atoms with E-state index in [4.69, 9.17) is 14.4 Å². The van der Waals surface area contributed by atoms with Crippen molar-refractivity contribution in [3.05, 3.63) is 41.5 Å². The van der Waals surface area contributed by atoms with Crippen LogP contribution in [-0.4, -0.2) is 19.5 Å². The Balaban J connectivity index is 3.43. The van der Waals surface area contributed by atoms with E-state index in [2.05, 4.69) is 47.6 Å². The Morgan fingerprint density at radius 3 is 2.16 bits per heavy atom. The highest BCUT2D eigenvalue weighted by atomic mass is 17.1. The smallest absolute Gasteiger partial charge is 0.250 e. The molecule has 0 aliphatic carbocycles. The third-order valence-corrected chi connectivity index (χ3v) is 4.27. The lowest BCUT2D eigenvalue weighted by Crippen LogP contribution is -2.38. The first kappa shape index (κ1) is 21.7. The summed E-state index contributed by atoms with van der Waals surface area (Å²) in [7, 11) is 3.15. The van der Waals surface area contributed by atoms with Gasteiger partial charge in [-0.15, -0.1) is 0 Å². The quantitative estimate of drug-likeness (QED) is 0.293. The van der Waals surface area contributed by atoms with Crippen LogP contribution in [0.3, 0.4) is 0 Å². The zero-order chi connectivity index (χ0) is 19.3. The molecule has 0 radical (unpaired) electrons. The van der Waals surface area contributed by atoms with Gasteiger partial charge in [-0.25, -0.2) is 5.26 Å². The summed E-state index contributed by atoms with van der Waals surface area (Å²) in [5, 5.41) is 9.88. The number of hydrogen-bond donors (Lipinski definition) is 1. The number of methoxy groups -OCH3 is 2. The second-order valence-electron chi connectivity index (χ2n) is 8.61. The molecule has 142 valence electrons. The first-order chi connectivity index (χ1) is 11.5.